The lowest BCUT2D eigenvalue weighted by atomic mass is 9.71. The lowest BCUT2D eigenvalue weighted by Gasteiger charge is -2.35. The van der Waals surface area contributed by atoms with Crippen LogP contribution in [0.3, 0.4) is 0 Å². The van der Waals surface area contributed by atoms with Crippen LogP contribution in [0.4, 0.5) is 0 Å². The Morgan fingerprint density at radius 3 is 2.00 bits per heavy atom. The highest BCUT2D eigenvalue weighted by Gasteiger charge is 2.27. The third-order valence-electron chi connectivity index (χ3n) is 3.53. The van der Waals surface area contributed by atoms with E-state index >= 15 is 0 Å². The highest BCUT2D eigenvalue weighted by atomic mass is 14.3. The minimum absolute atomic E-state index is 0.551. The summed E-state index contributed by atoms with van der Waals surface area (Å²) in [4.78, 5) is 0. The van der Waals surface area contributed by atoms with Crippen molar-refractivity contribution in [1.29, 1.82) is 0 Å². The quantitative estimate of drug-likeness (QED) is 0.522. The van der Waals surface area contributed by atoms with Gasteiger partial charge in [-0.15, -0.1) is 0 Å². The van der Waals surface area contributed by atoms with E-state index in [0.29, 0.717) is 5.41 Å². The molecule has 1 atom stereocenters. The molecule has 0 rings (SSSR count). The highest BCUT2D eigenvalue weighted by Crippen LogP contribution is 2.38. The van der Waals surface area contributed by atoms with Gasteiger partial charge in [0.25, 0.3) is 0 Å². The molecule has 0 fully saturated rings. The number of unbranched alkanes of at least 4 members (excludes halogenated alkanes) is 1. The van der Waals surface area contributed by atoms with Gasteiger partial charge in [0.2, 0.25) is 0 Å². The maximum atomic E-state index is 2.46. The molecule has 0 nitrogen and oxygen atoms in total. The number of rotatable bonds is 7. The van der Waals surface area contributed by atoms with Gasteiger partial charge in [-0.3, -0.25) is 0 Å². The van der Waals surface area contributed by atoms with Crippen molar-refractivity contribution in [3.8, 4) is 0 Å². The van der Waals surface area contributed by atoms with Crippen LogP contribution in [0, 0.1) is 17.3 Å². The van der Waals surface area contributed by atoms with Crippen LogP contribution in [-0.2, 0) is 0 Å². The molecule has 0 saturated carbocycles. The minimum atomic E-state index is 0.551. The zero-order valence-electron chi connectivity index (χ0n) is 11.2. The van der Waals surface area contributed by atoms with E-state index < -0.39 is 0 Å². The van der Waals surface area contributed by atoms with Crippen molar-refractivity contribution in [2.45, 2.75) is 73.6 Å². The van der Waals surface area contributed by atoms with Gasteiger partial charge >= 0.3 is 0 Å². The summed E-state index contributed by atoms with van der Waals surface area (Å²) in [6, 6.07) is 0. The maximum Gasteiger partial charge on any atom is -0.0326 e. The van der Waals surface area contributed by atoms with E-state index in [0.717, 1.165) is 11.8 Å². The van der Waals surface area contributed by atoms with Crippen molar-refractivity contribution in [1.82, 2.24) is 0 Å². The zero-order valence-corrected chi connectivity index (χ0v) is 11.2. The van der Waals surface area contributed by atoms with Crippen LogP contribution in [-0.4, -0.2) is 0 Å². The fourth-order valence-corrected chi connectivity index (χ4v) is 2.44. The molecule has 86 valence electrons. The van der Waals surface area contributed by atoms with Gasteiger partial charge in [-0.25, -0.2) is 0 Å². The largest absolute Gasteiger partial charge is 0.0654 e. The Morgan fingerprint density at radius 1 is 1.07 bits per heavy atom. The predicted molar refractivity (Wildman–Crippen MR) is 66.5 cm³/mol. The Bertz CT molecular complexity index is 133. The Morgan fingerprint density at radius 2 is 1.64 bits per heavy atom. The second-order valence-corrected chi connectivity index (χ2v) is 5.83. The van der Waals surface area contributed by atoms with E-state index in [2.05, 4.69) is 41.5 Å². The normalized spacial score (nSPS) is 14.8. The molecule has 1 unspecified atom stereocenters. The molecule has 0 bridgehead atoms. The molecule has 0 N–H and O–H groups in total. The molecule has 0 aromatic rings. The lowest BCUT2D eigenvalue weighted by Crippen LogP contribution is -2.25. The van der Waals surface area contributed by atoms with Crippen LogP contribution in [0.25, 0.3) is 0 Å². The predicted octanol–water partition coefficient (Wildman–Crippen LogP) is 5.28. The molecule has 14 heavy (non-hydrogen) atoms. The second kappa shape index (κ2) is 6.48. The Labute approximate surface area is 91.5 Å². The molecule has 0 aliphatic rings. The topological polar surface area (TPSA) is 0 Å². The van der Waals surface area contributed by atoms with Gasteiger partial charge in [0.05, 0.1) is 0 Å². The molecule has 0 heterocycles. The van der Waals surface area contributed by atoms with E-state index in [1.54, 1.807) is 0 Å². The first kappa shape index (κ1) is 14.0. The van der Waals surface area contributed by atoms with Gasteiger partial charge in [0.1, 0.15) is 0 Å². The molecule has 0 aromatic carbocycles. The summed E-state index contributed by atoms with van der Waals surface area (Å²) in [6.07, 6.45) is 6.86. The molecule has 0 saturated heterocycles. The van der Waals surface area contributed by atoms with Gasteiger partial charge in [-0.1, -0.05) is 60.8 Å². The van der Waals surface area contributed by atoms with Crippen LogP contribution in [0.15, 0.2) is 0 Å². The molecule has 0 aromatic heterocycles. The molecule has 0 radical (unpaired) electrons. The van der Waals surface area contributed by atoms with Crippen molar-refractivity contribution in [3.05, 3.63) is 0 Å². The van der Waals surface area contributed by atoms with Crippen LogP contribution in [0.2, 0.25) is 0 Å². The van der Waals surface area contributed by atoms with E-state index in [4.69, 9.17) is 0 Å². The summed E-state index contributed by atoms with van der Waals surface area (Å²) < 4.78 is 0. The summed E-state index contributed by atoms with van der Waals surface area (Å²) in [5, 5.41) is 0. The lowest BCUT2D eigenvalue weighted by molar-refractivity contribution is 0.157. The van der Waals surface area contributed by atoms with E-state index in [9.17, 15) is 0 Å². The average molecular weight is 198 g/mol. The molecular weight excluding hydrogens is 168 g/mol. The SMILES string of the molecule is CCCCC(C)(C)C(CC)CC(C)C. The van der Waals surface area contributed by atoms with Crippen molar-refractivity contribution in [2.75, 3.05) is 0 Å². The molecule has 0 amide bonds. The van der Waals surface area contributed by atoms with Crippen molar-refractivity contribution >= 4 is 0 Å². The van der Waals surface area contributed by atoms with Gasteiger partial charge in [-0.2, -0.15) is 0 Å². The highest BCUT2D eigenvalue weighted by molar-refractivity contribution is 4.78. The molecular formula is C14H30. The summed E-state index contributed by atoms with van der Waals surface area (Å²) in [6.45, 7) is 14.2. The summed E-state index contributed by atoms with van der Waals surface area (Å²) >= 11 is 0. The molecule has 0 spiro atoms. The Balaban J connectivity index is 4.17. The van der Waals surface area contributed by atoms with Crippen LogP contribution >= 0.6 is 0 Å². The summed E-state index contributed by atoms with van der Waals surface area (Å²) in [5.41, 5.74) is 0.551. The van der Waals surface area contributed by atoms with Crippen molar-refractivity contribution in [2.24, 2.45) is 17.3 Å². The standard InChI is InChI=1S/C14H30/c1-7-9-10-14(5,6)13(8-2)11-12(3)4/h12-13H,7-11H2,1-6H3. The first-order valence-corrected chi connectivity index (χ1v) is 6.44. The Kier molecular flexibility index (Phi) is 6.48. The first-order chi connectivity index (χ1) is 6.44. The fourth-order valence-electron chi connectivity index (χ4n) is 2.44. The molecule has 0 aliphatic carbocycles. The third-order valence-corrected chi connectivity index (χ3v) is 3.53. The monoisotopic (exact) mass is 198 g/mol. The smallest absolute Gasteiger partial charge is 0.0326 e. The Hall–Kier alpha value is 0. The number of hydrogen-bond donors (Lipinski definition) is 0. The third kappa shape index (κ3) is 5.02. The van der Waals surface area contributed by atoms with Crippen molar-refractivity contribution in [3.63, 3.8) is 0 Å². The van der Waals surface area contributed by atoms with Crippen LogP contribution in [0.1, 0.15) is 73.6 Å². The first-order valence-electron chi connectivity index (χ1n) is 6.44. The van der Waals surface area contributed by atoms with E-state index in [-0.39, 0.29) is 0 Å². The fraction of sp³-hybridized carbons (Fsp3) is 1.00. The van der Waals surface area contributed by atoms with Crippen LogP contribution < -0.4 is 0 Å². The summed E-state index contributed by atoms with van der Waals surface area (Å²) in [5.74, 6) is 1.76. The molecule has 0 aliphatic heterocycles. The summed E-state index contributed by atoms with van der Waals surface area (Å²) in [7, 11) is 0. The average Bonchev–Trinajstić information content (AvgIpc) is 2.10. The van der Waals surface area contributed by atoms with Gasteiger partial charge in [0, 0.05) is 0 Å². The maximum absolute atomic E-state index is 2.46. The van der Waals surface area contributed by atoms with Gasteiger partial charge in [-0.05, 0) is 30.1 Å². The molecule has 0 heteroatoms. The zero-order chi connectivity index (χ0) is 11.2. The van der Waals surface area contributed by atoms with Crippen LogP contribution in [0.5, 0.6) is 0 Å². The second-order valence-electron chi connectivity index (χ2n) is 5.83. The van der Waals surface area contributed by atoms with E-state index in [1.165, 1.54) is 32.1 Å². The van der Waals surface area contributed by atoms with Crippen molar-refractivity contribution < 1.29 is 0 Å². The minimum Gasteiger partial charge on any atom is -0.0654 e. The van der Waals surface area contributed by atoms with Gasteiger partial charge < -0.3 is 0 Å². The number of hydrogen-bond acceptors (Lipinski definition) is 0. The van der Waals surface area contributed by atoms with E-state index in [1.807, 2.05) is 0 Å². The van der Waals surface area contributed by atoms with Gasteiger partial charge in [0.15, 0.2) is 0 Å².